The number of ether oxygens (including phenoxy) is 2. The molecule has 0 aliphatic heterocycles. The van der Waals surface area contributed by atoms with Crippen molar-refractivity contribution in [3.8, 4) is 17.6 Å². The minimum atomic E-state index is -0.577. The monoisotopic (exact) mass is 548 g/mol. The second-order valence-electron chi connectivity index (χ2n) is 7.38. The van der Waals surface area contributed by atoms with Crippen molar-refractivity contribution in [1.29, 1.82) is 5.26 Å². The molecule has 0 aromatic heterocycles. The molecule has 0 spiro atoms. The number of nitrogens with one attached hydrogen (secondary N) is 1. The zero-order chi connectivity index (χ0) is 25.5. The van der Waals surface area contributed by atoms with Gasteiger partial charge in [-0.3, -0.25) is 4.79 Å². The van der Waals surface area contributed by atoms with Crippen LogP contribution in [0.1, 0.15) is 23.6 Å². The van der Waals surface area contributed by atoms with Gasteiger partial charge in [0.25, 0.3) is 5.91 Å². The first-order valence-corrected chi connectivity index (χ1v) is 11.9. The number of rotatable bonds is 8. The number of halogens is 4. The molecule has 5 nitrogen and oxygen atoms in total. The Hall–Kier alpha value is -2.88. The van der Waals surface area contributed by atoms with Crippen LogP contribution in [0.4, 0.5) is 5.69 Å². The average molecular weight is 550 g/mol. The van der Waals surface area contributed by atoms with Crippen LogP contribution in [0, 0.1) is 18.3 Å². The minimum absolute atomic E-state index is 0.118. The third-order valence-electron chi connectivity index (χ3n) is 4.82. The Balaban J connectivity index is 1.86. The third-order valence-corrected chi connectivity index (χ3v) is 6.08. The summed E-state index contributed by atoms with van der Waals surface area (Å²) in [5.74, 6) is 0.121. The molecular formula is C26H20Cl4N2O3. The van der Waals surface area contributed by atoms with E-state index in [2.05, 4.69) is 5.32 Å². The standard InChI is InChI=1S/C26H20Cl4N2O3/c1-3-34-24-11-17(8-18(13-31)26(33)32-23-12-19(27)6-4-15(23)2)10-22(30)25(24)35-14-16-5-7-20(28)21(29)9-16/h4-12H,3,14H2,1-2H3,(H,32,33)/b18-8+. The Morgan fingerprint density at radius 3 is 2.46 bits per heavy atom. The Bertz CT molecular complexity index is 1330. The van der Waals surface area contributed by atoms with Crippen molar-refractivity contribution in [1.82, 2.24) is 0 Å². The number of hydrogen-bond donors (Lipinski definition) is 1. The number of nitrogens with zero attached hydrogens (tertiary/aromatic N) is 1. The van der Waals surface area contributed by atoms with E-state index in [0.717, 1.165) is 11.1 Å². The summed E-state index contributed by atoms with van der Waals surface area (Å²) < 4.78 is 11.6. The number of anilines is 1. The second kappa shape index (κ2) is 12.2. The fourth-order valence-corrected chi connectivity index (χ4v) is 3.86. The van der Waals surface area contributed by atoms with Crippen LogP contribution in [0.5, 0.6) is 11.5 Å². The van der Waals surface area contributed by atoms with Crippen molar-refractivity contribution < 1.29 is 14.3 Å². The van der Waals surface area contributed by atoms with E-state index in [4.69, 9.17) is 55.9 Å². The van der Waals surface area contributed by atoms with Crippen molar-refractivity contribution in [3.63, 3.8) is 0 Å². The molecule has 1 N–H and O–H groups in total. The normalized spacial score (nSPS) is 11.1. The molecule has 3 aromatic carbocycles. The Morgan fingerprint density at radius 2 is 1.77 bits per heavy atom. The molecule has 0 aliphatic carbocycles. The Morgan fingerprint density at radius 1 is 1.00 bits per heavy atom. The predicted octanol–water partition coefficient (Wildman–Crippen LogP) is 8.13. The highest BCUT2D eigenvalue weighted by molar-refractivity contribution is 6.42. The lowest BCUT2D eigenvalue weighted by atomic mass is 10.1. The Labute approximate surface area is 223 Å². The van der Waals surface area contributed by atoms with Gasteiger partial charge in [-0.1, -0.05) is 58.5 Å². The van der Waals surface area contributed by atoms with Crippen molar-refractivity contribution in [2.75, 3.05) is 11.9 Å². The Kier molecular flexibility index (Phi) is 9.31. The lowest BCUT2D eigenvalue weighted by Gasteiger charge is -2.15. The molecule has 9 heteroatoms. The summed E-state index contributed by atoms with van der Waals surface area (Å²) in [7, 11) is 0. The van der Waals surface area contributed by atoms with Crippen molar-refractivity contribution in [2.24, 2.45) is 0 Å². The molecular weight excluding hydrogens is 530 g/mol. The molecule has 0 heterocycles. The lowest BCUT2D eigenvalue weighted by molar-refractivity contribution is -0.112. The van der Waals surface area contributed by atoms with E-state index < -0.39 is 5.91 Å². The molecule has 0 radical (unpaired) electrons. The van der Waals surface area contributed by atoms with Crippen LogP contribution >= 0.6 is 46.4 Å². The molecule has 0 aliphatic rings. The molecule has 0 atom stereocenters. The van der Waals surface area contributed by atoms with Crippen molar-refractivity contribution >= 4 is 64.1 Å². The fourth-order valence-electron chi connectivity index (χ4n) is 3.09. The molecule has 35 heavy (non-hydrogen) atoms. The van der Waals surface area contributed by atoms with Crippen LogP contribution in [0.3, 0.4) is 0 Å². The van der Waals surface area contributed by atoms with Gasteiger partial charge in [-0.05, 0) is 73.0 Å². The minimum Gasteiger partial charge on any atom is -0.490 e. The summed E-state index contributed by atoms with van der Waals surface area (Å²) in [6.45, 7) is 4.18. The van der Waals surface area contributed by atoms with Gasteiger partial charge in [0, 0.05) is 10.7 Å². The van der Waals surface area contributed by atoms with Crippen molar-refractivity contribution in [3.05, 3.63) is 90.9 Å². The number of amides is 1. The van der Waals surface area contributed by atoms with Crippen LogP contribution in [-0.4, -0.2) is 12.5 Å². The average Bonchev–Trinajstić information content (AvgIpc) is 2.81. The van der Waals surface area contributed by atoms with Crippen LogP contribution in [-0.2, 0) is 11.4 Å². The molecule has 0 saturated heterocycles. The molecule has 0 saturated carbocycles. The topological polar surface area (TPSA) is 71.3 Å². The number of hydrogen-bond acceptors (Lipinski definition) is 4. The van der Waals surface area contributed by atoms with Crippen LogP contribution in [0.15, 0.2) is 54.1 Å². The van der Waals surface area contributed by atoms with E-state index in [1.807, 2.05) is 19.9 Å². The van der Waals surface area contributed by atoms with Crippen molar-refractivity contribution in [2.45, 2.75) is 20.5 Å². The first kappa shape index (κ1) is 26.7. The maximum Gasteiger partial charge on any atom is 0.266 e. The zero-order valence-corrected chi connectivity index (χ0v) is 21.8. The second-order valence-corrected chi connectivity index (χ2v) is 9.04. The largest absolute Gasteiger partial charge is 0.490 e. The first-order chi connectivity index (χ1) is 16.7. The number of nitriles is 1. The lowest BCUT2D eigenvalue weighted by Crippen LogP contribution is -2.14. The molecule has 1 amide bonds. The third kappa shape index (κ3) is 7.06. The molecule has 0 unspecified atom stereocenters. The maximum absolute atomic E-state index is 12.7. The van der Waals surface area contributed by atoms with E-state index >= 15 is 0 Å². The predicted molar refractivity (Wildman–Crippen MR) is 142 cm³/mol. The zero-order valence-electron chi connectivity index (χ0n) is 18.8. The summed E-state index contributed by atoms with van der Waals surface area (Å²) in [6.07, 6.45) is 1.42. The van der Waals surface area contributed by atoms with E-state index in [1.54, 1.807) is 48.5 Å². The van der Waals surface area contributed by atoms with Gasteiger partial charge in [-0.15, -0.1) is 0 Å². The van der Waals surface area contributed by atoms with Crippen LogP contribution < -0.4 is 14.8 Å². The van der Waals surface area contributed by atoms with E-state index in [-0.39, 0.29) is 17.2 Å². The fraction of sp³-hybridized carbons (Fsp3) is 0.154. The smallest absolute Gasteiger partial charge is 0.266 e. The SMILES string of the molecule is CCOc1cc(/C=C(\C#N)C(=O)Nc2cc(Cl)ccc2C)cc(Cl)c1OCc1ccc(Cl)c(Cl)c1. The molecule has 0 bridgehead atoms. The molecule has 0 fully saturated rings. The highest BCUT2D eigenvalue weighted by Crippen LogP contribution is 2.38. The number of carbonyl (C=O) groups is 1. The summed E-state index contributed by atoms with van der Waals surface area (Å²) in [6, 6.07) is 15.4. The highest BCUT2D eigenvalue weighted by Gasteiger charge is 2.16. The van der Waals surface area contributed by atoms with Gasteiger partial charge in [0.2, 0.25) is 0 Å². The quantitative estimate of drug-likeness (QED) is 0.227. The maximum atomic E-state index is 12.7. The van der Waals surface area contributed by atoms with Gasteiger partial charge in [-0.25, -0.2) is 0 Å². The molecule has 180 valence electrons. The molecule has 3 rings (SSSR count). The van der Waals surface area contributed by atoms with Gasteiger partial charge in [-0.2, -0.15) is 5.26 Å². The van der Waals surface area contributed by atoms with Gasteiger partial charge in [0.15, 0.2) is 11.5 Å². The van der Waals surface area contributed by atoms with Crippen LogP contribution in [0.25, 0.3) is 6.08 Å². The summed E-state index contributed by atoms with van der Waals surface area (Å²) in [5.41, 5.74) is 2.50. The van der Waals surface area contributed by atoms with Gasteiger partial charge >= 0.3 is 0 Å². The first-order valence-electron chi connectivity index (χ1n) is 10.4. The molecule has 3 aromatic rings. The van der Waals surface area contributed by atoms with E-state index in [9.17, 15) is 10.1 Å². The van der Waals surface area contributed by atoms with Gasteiger partial charge in [0.05, 0.1) is 21.7 Å². The highest BCUT2D eigenvalue weighted by atomic mass is 35.5. The number of aryl methyl sites for hydroxylation is 1. The van der Waals surface area contributed by atoms with Gasteiger partial charge in [0.1, 0.15) is 18.2 Å². The summed E-state index contributed by atoms with van der Waals surface area (Å²) >= 11 is 24.5. The number of carbonyl (C=O) groups excluding carboxylic acids is 1. The van der Waals surface area contributed by atoms with Gasteiger partial charge < -0.3 is 14.8 Å². The number of benzene rings is 3. The summed E-state index contributed by atoms with van der Waals surface area (Å²) in [5, 5.41) is 13.9. The van der Waals surface area contributed by atoms with E-state index in [0.29, 0.717) is 44.4 Å². The van der Waals surface area contributed by atoms with E-state index in [1.165, 1.54) is 6.08 Å². The van der Waals surface area contributed by atoms with Crippen LogP contribution in [0.2, 0.25) is 20.1 Å². The summed E-state index contributed by atoms with van der Waals surface area (Å²) in [4.78, 5) is 12.7.